The van der Waals surface area contributed by atoms with Crippen LogP contribution in [-0.4, -0.2) is 70.1 Å². The van der Waals surface area contributed by atoms with Gasteiger partial charge in [0.1, 0.15) is 11.6 Å². The van der Waals surface area contributed by atoms with E-state index in [0.717, 1.165) is 38.1 Å². The molecule has 5 rings (SSSR count). The molecule has 198 valence electrons. The zero-order chi connectivity index (χ0) is 25.9. The minimum atomic E-state index is -0.485. The van der Waals surface area contributed by atoms with E-state index in [9.17, 15) is 8.78 Å². The maximum absolute atomic E-state index is 14.3. The minimum absolute atomic E-state index is 0.0123. The van der Waals surface area contributed by atoms with E-state index in [1.54, 1.807) is 12.4 Å². The number of aliphatic hydroxyl groups is 1. The van der Waals surface area contributed by atoms with Gasteiger partial charge in [0.05, 0.1) is 25.1 Å². The van der Waals surface area contributed by atoms with Gasteiger partial charge in [-0.1, -0.05) is 5.16 Å². The third-order valence-corrected chi connectivity index (χ3v) is 7.21. The molecule has 2 aromatic heterocycles. The second-order valence-corrected chi connectivity index (χ2v) is 9.67. The zero-order valence-corrected chi connectivity index (χ0v) is 20.6. The molecule has 2 aliphatic heterocycles. The first-order valence-electron chi connectivity index (χ1n) is 12.5. The molecule has 1 aromatic carbocycles. The molecule has 4 heterocycles. The van der Waals surface area contributed by atoms with Crippen LogP contribution >= 0.6 is 0 Å². The highest BCUT2D eigenvalue weighted by Gasteiger charge is 2.34. The van der Waals surface area contributed by atoms with E-state index < -0.39 is 11.6 Å². The molecule has 3 aromatic rings. The highest BCUT2D eigenvalue weighted by molar-refractivity contribution is 5.39. The van der Waals surface area contributed by atoms with Gasteiger partial charge in [0.2, 0.25) is 5.95 Å². The van der Waals surface area contributed by atoms with Crippen molar-refractivity contribution in [2.75, 3.05) is 42.6 Å². The summed E-state index contributed by atoms with van der Waals surface area (Å²) in [6, 6.07) is 3.57. The molecule has 2 saturated heterocycles. The first-order chi connectivity index (χ1) is 17.9. The van der Waals surface area contributed by atoms with Gasteiger partial charge in [-0.15, -0.1) is 0 Å². The molecule has 3 atom stereocenters. The molecule has 0 aliphatic carbocycles. The second-order valence-electron chi connectivity index (χ2n) is 9.67. The van der Waals surface area contributed by atoms with Crippen LogP contribution < -0.4 is 20.3 Å². The number of anilines is 2. The van der Waals surface area contributed by atoms with Crippen molar-refractivity contribution in [1.29, 1.82) is 0 Å². The van der Waals surface area contributed by atoms with Crippen molar-refractivity contribution in [2.45, 2.75) is 44.2 Å². The van der Waals surface area contributed by atoms with Crippen LogP contribution in [0.1, 0.15) is 37.1 Å². The predicted molar refractivity (Wildman–Crippen MR) is 131 cm³/mol. The standard InChI is InChI=1S/C25H31F2N7O3/c1-15(16-4-7-33(8-5-16)25-31-23(6-9-35)32-37-25)36-18-11-29-24(30-12-18)34-13-20(22(28)14-34)19-10-17(26)2-3-21(19)27/h2-3,10-12,15-16,20,22,35H,4-9,13-14,28H2,1H3/t15-,20+,22?/m0/s1. The normalized spacial score (nSPS) is 21.4. The number of aliphatic hydroxyl groups excluding tert-OH is 1. The molecule has 3 N–H and O–H groups in total. The van der Waals surface area contributed by atoms with E-state index in [0.29, 0.717) is 49.0 Å². The smallest absolute Gasteiger partial charge is 0.324 e. The molecule has 2 aliphatic rings. The summed E-state index contributed by atoms with van der Waals surface area (Å²) >= 11 is 0. The van der Waals surface area contributed by atoms with E-state index in [1.165, 1.54) is 6.07 Å². The third kappa shape index (κ3) is 5.64. The molecule has 1 unspecified atom stereocenters. The topological polar surface area (TPSA) is 127 Å². The van der Waals surface area contributed by atoms with Gasteiger partial charge < -0.3 is 29.9 Å². The van der Waals surface area contributed by atoms with Gasteiger partial charge in [-0.05, 0) is 49.4 Å². The lowest BCUT2D eigenvalue weighted by molar-refractivity contribution is 0.131. The Labute approximate surface area is 213 Å². The highest BCUT2D eigenvalue weighted by atomic mass is 19.1. The quantitative estimate of drug-likeness (QED) is 0.461. The average molecular weight is 516 g/mol. The molecule has 0 spiro atoms. The fourth-order valence-corrected chi connectivity index (χ4v) is 5.10. The number of nitrogens with zero attached hydrogens (tertiary/aromatic N) is 6. The molecule has 0 bridgehead atoms. The van der Waals surface area contributed by atoms with E-state index in [4.69, 9.17) is 20.1 Å². The molecule has 37 heavy (non-hydrogen) atoms. The van der Waals surface area contributed by atoms with Crippen molar-refractivity contribution in [3.05, 3.63) is 53.6 Å². The fourth-order valence-electron chi connectivity index (χ4n) is 5.10. The van der Waals surface area contributed by atoms with Crippen LogP contribution in [0.3, 0.4) is 0 Å². The molecule has 2 fully saturated rings. The highest BCUT2D eigenvalue weighted by Crippen LogP contribution is 2.31. The third-order valence-electron chi connectivity index (χ3n) is 7.21. The van der Waals surface area contributed by atoms with E-state index in [-0.39, 0.29) is 30.2 Å². The van der Waals surface area contributed by atoms with E-state index >= 15 is 0 Å². The maximum atomic E-state index is 14.3. The second kappa shape index (κ2) is 10.9. The maximum Gasteiger partial charge on any atom is 0.324 e. The van der Waals surface area contributed by atoms with Crippen molar-refractivity contribution in [3.8, 4) is 5.75 Å². The van der Waals surface area contributed by atoms with Gasteiger partial charge >= 0.3 is 6.01 Å². The molecular weight excluding hydrogens is 484 g/mol. The number of aromatic nitrogens is 4. The minimum Gasteiger partial charge on any atom is -0.487 e. The lowest BCUT2D eigenvalue weighted by Gasteiger charge is -2.33. The molecular formula is C25H31F2N7O3. The van der Waals surface area contributed by atoms with Crippen molar-refractivity contribution >= 4 is 12.0 Å². The molecule has 12 heteroatoms. The van der Waals surface area contributed by atoms with Crippen molar-refractivity contribution in [2.24, 2.45) is 11.7 Å². The summed E-state index contributed by atoms with van der Waals surface area (Å²) in [6.45, 7) is 4.42. The first-order valence-corrected chi connectivity index (χ1v) is 12.5. The number of piperidine rings is 1. The number of ether oxygens (including phenoxy) is 1. The summed E-state index contributed by atoms with van der Waals surface area (Å²) in [6.07, 6.45) is 5.42. The molecule has 0 amide bonds. The lowest BCUT2D eigenvalue weighted by Crippen LogP contribution is -2.38. The monoisotopic (exact) mass is 515 g/mol. The van der Waals surface area contributed by atoms with Crippen LogP contribution in [0.5, 0.6) is 5.75 Å². The van der Waals surface area contributed by atoms with E-state index in [1.807, 2.05) is 11.8 Å². The average Bonchev–Trinajstić information content (AvgIpc) is 3.53. The molecule has 0 radical (unpaired) electrons. The van der Waals surface area contributed by atoms with Crippen LogP contribution in [0.25, 0.3) is 0 Å². The van der Waals surface area contributed by atoms with Crippen LogP contribution in [0.4, 0.5) is 20.7 Å². The summed E-state index contributed by atoms with van der Waals surface area (Å²) in [4.78, 5) is 17.2. The van der Waals surface area contributed by atoms with Crippen molar-refractivity contribution in [1.82, 2.24) is 20.1 Å². The molecule has 10 nitrogen and oxygen atoms in total. The SMILES string of the molecule is C[C@H](Oc1cnc(N2CC(N)[C@@H](c3cc(F)ccc3F)C2)nc1)C1CCN(c2nc(CCO)no2)CC1. The van der Waals surface area contributed by atoms with Gasteiger partial charge in [0.15, 0.2) is 11.6 Å². The Hall–Kier alpha value is -3.38. The van der Waals surface area contributed by atoms with Gasteiger partial charge in [-0.2, -0.15) is 4.98 Å². The Balaban J connectivity index is 1.14. The number of hydrogen-bond donors (Lipinski definition) is 2. The van der Waals surface area contributed by atoms with Gasteiger partial charge in [0, 0.05) is 44.6 Å². The van der Waals surface area contributed by atoms with Gasteiger partial charge in [0.25, 0.3) is 0 Å². The lowest BCUT2D eigenvalue weighted by atomic mass is 9.92. The van der Waals surface area contributed by atoms with Gasteiger partial charge in [-0.25, -0.2) is 18.7 Å². The Morgan fingerprint density at radius 3 is 2.65 bits per heavy atom. The number of benzene rings is 1. The van der Waals surface area contributed by atoms with Gasteiger partial charge in [-0.3, -0.25) is 0 Å². The summed E-state index contributed by atoms with van der Waals surface area (Å²) in [5.41, 5.74) is 6.54. The summed E-state index contributed by atoms with van der Waals surface area (Å²) in [5, 5.41) is 12.9. The summed E-state index contributed by atoms with van der Waals surface area (Å²) < 4.78 is 39.4. The Kier molecular flexibility index (Phi) is 7.47. The van der Waals surface area contributed by atoms with Crippen molar-refractivity contribution in [3.63, 3.8) is 0 Å². The number of halogens is 2. The van der Waals surface area contributed by atoms with E-state index in [2.05, 4.69) is 25.0 Å². The van der Waals surface area contributed by atoms with Crippen LogP contribution in [0.15, 0.2) is 35.1 Å². The molecule has 0 saturated carbocycles. The number of hydrogen-bond acceptors (Lipinski definition) is 10. The fraction of sp³-hybridized carbons (Fsp3) is 0.520. The Morgan fingerprint density at radius 2 is 1.92 bits per heavy atom. The van der Waals surface area contributed by atoms with Crippen LogP contribution in [-0.2, 0) is 6.42 Å². The largest absolute Gasteiger partial charge is 0.487 e. The van der Waals surface area contributed by atoms with Crippen LogP contribution in [0.2, 0.25) is 0 Å². The van der Waals surface area contributed by atoms with Crippen molar-refractivity contribution < 1.29 is 23.1 Å². The Bertz CT molecular complexity index is 1190. The first kappa shape index (κ1) is 25.3. The predicted octanol–water partition coefficient (Wildman–Crippen LogP) is 2.29. The van der Waals surface area contributed by atoms with Crippen LogP contribution in [0, 0.1) is 17.6 Å². The zero-order valence-electron chi connectivity index (χ0n) is 20.6. The summed E-state index contributed by atoms with van der Waals surface area (Å²) in [7, 11) is 0. The number of rotatable bonds is 8. The summed E-state index contributed by atoms with van der Waals surface area (Å²) in [5.74, 6) is 0.595. The Morgan fingerprint density at radius 1 is 1.16 bits per heavy atom. The number of nitrogens with two attached hydrogens (primary N) is 1.